The number of amides is 1. The molecule has 7 heteroatoms. The van der Waals surface area contributed by atoms with E-state index in [2.05, 4.69) is 5.32 Å². The van der Waals surface area contributed by atoms with Crippen molar-refractivity contribution in [3.05, 3.63) is 23.8 Å². The third kappa shape index (κ3) is 4.87. The predicted molar refractivity (Wildman–Crippen MR) is 76.9 cm³/mol. The third-order valence-corrected chi connectivity index (χ3v) is 3.98. The zero-order valence-electron chi connectivity index (χ0n) is 11.8. The Morgan fingerprint density at radius 3 is 2.50 bits per heavy atom. The first-order chi connectivity index (χ1) is 9.47. The summed E-state index contributed by atoms with van der Waals surface area (Å²) in [5, 5.41) is 2.57. The van der Waals surface area contributed by atoms with Crippen molar-refractivity contribution in [1.82, 2.24) is 5.32 Å². The maximum Gasteiger partial charge on any atom is 0.216 e. The lowest BCUT2D eigenvalue weighted by Gasteiger charge is -2.15. The van der Waals surface area contributed by atoms with Crippen molar-refractivity contribution >= 4 is 13.9 Å². The van der Waals surface area contributed by atoms with Crippen molar-refractivity contribution in [3.8, 4) is 11.5 Å². The van der Waals surface area contributed by atoms with Crippen LogP contribution >= 0.6 is 8.03 Å². The van der Waals surface area contributed by atoms with Crippen LogP contribution in [-0.4, -0.2) is 37.2 Å². The van der Waals surface area contributed by atoms with Crippen molar-refractivity contribution in [3.63, 3.8) is 0 Å². The quantitative estimate of drug-likeness (QED) is 0.740. The van der Waals surface area contributed by atoms with Crippen LogP contribution in [0.5, 0.6) is 11.5 Å². The van der Waals surface area contributed by atoms with Gasteiger partial charge < -0.3 is 19.7 Å². The van der Waals surface area contributed by atoms with Crippen LogP contribution < -0.4 is 14.8 Å². The SMILES string of the molecule is COc1ccc(CC(CNC(C)=O)[PH](=O)O)cc1OC. The monoisotopic (exact) mass is 301 g/mol. The van der Waals surface area contributed by atoms with E-state index in [1.165, 1.54) is 14.0 Å². The first-order valence-electron chi connectivity index (χ1n) is 6.16. The van der Waals surface area contributed by atoms with Gasteiger partial charge in [-0.2, -0.15) is 0 Å². The summed E-state index contributed by atoms with van der Waals surface area (Å²) in [5.74, 6) is 0.956. The third-order valence-electron chi connectivity index (χ3n) is 2.88. The molecule has 0 spiro atoms. The van der Waals surface area contributed by atoms with Gasteiger partial charge in [0.2, 0.25) is 5.91 Å². The van der Waals surface area contributed by atoms with Gasteiger partial charge in [0.05, 0.1) is 19.9 Å². The van der Waals surface area contributed by atoms with Crippen LogP contribution in [0, 0.1) is 0 Å². The molecule has 0 radical (unpaired) electrons. The Morgan fingerprint density at radius 1 is 1.35 bits per heavy atom. The summed E-state index contributed by atoms with van der Waals surface area (Å²) in [6.45, 7) is 1.56. The summed E-state index contributed by atoms with van der Waals surface area (Å²) in [4.78, 5) is 20.2. The molecule has 112 valence electrons. The maximum atomic E-state index is 11.4. The highest BCUT2D eigenvalue weighted by Crippen LogP contribution is 2.31. The van der Waals surface area contributed by atoms with Crippen LogP contribution in [0.2, 0.25) is 0 Å². The summed E-state index contributed by atoms with van der Waals surface area (Å²) in [5.41, 5.74) is 0.354. The molecule has 0 saturated carbocycles. The first-order valence-corrected chi connectivity index (χ1v) is 7.59. The molecule has 0 aromatic heterocycles. The van der Waals surface area contributed by atoms with E-state index in [0.29, 0.717) is 17.9 Å². The predicted octanol–water partition coefficient (Wildman–Crippen LogP) is 1.22. The highest BCUT2D eigenvalue weighted by molar-refractivity contribution is 7.39. The lowest BCUT2D eigenvalue weighted by atomic mass is 10.1. The topological polar surface area (TPSA) is 84.9 Å². The summed E-state index contributed by atoms with van der Waals surface area (Å²) < 4.78 is 21.7. The fourth-order valence-corrected chi connectivity index (χ4v) is 2.49. The van der Waals surface area contributed by atoms with Crippen LogP contribution in [0.4, 0.5) is 0 Å². The second-order valence-corrected chi connectivity index (χ2v) is 5.86. The Kier molecular flexibility index (Phi) is 6.55. The van der Waals surface area contributed by atoms with Gasteiger partial charge in [-0.3, -0.25) is 9.36 Å². The lowest BCUT2D eigenvalue weighted by molar-refractivity contribution is -0.118. The smallest absolute Gasteiger partial charge is 0.216 e. The number of carbonyl (C=O) groups is 1. The van der Waals surface area contributed by atoms with E-state index in [1.54, 1.807) is 19.2 Å². The van der Waals surface area contributed by atoms with Crippen molar-refractivity contribution in [2.24, 2.45) is 0 Å². The molecule has 1 aromatic rings. The highest BCUT2D eigenvalue weighted by atomic mass is 31.1. The molecule has 0 aliphatic carbocycles. The molecule has 1 aromatic carbocycles. The van der Waals surface area contributed by atoms with E-state index in [-0.39, 0.29) is 12.5 Å². The molecule has 0 bridgehead atoms. The molecule has 0 heterocycles. The lowest BCUT2D eigenvalue weighted by Crippen LogP contribution is -2.29. The van der Waals surface area contributed by atoms with Crippen LogP contribution in [0.1, 0.15) is 12.5 Å². The molecular weight excluding hydrogens is 281 g/mol. The molecule has 1 rings (SSSR count). The van der Waals surface area contributed by atoms with Crippen molar-refractivity contribution in [2.75, 3.05) is 20.8 Å². The summed E-state index contributed by atoms with van der Waals surface area (Å²) in [6, 6.07) is 5.33. The minimum Gasteiger partial charge on any atom is -0.493 e. The number of methoxy groups -OCH3 is 2. The fraction of sp³-hybridized carbons (Fsp3) is 0.462. The fourth-order valence-electron chi connectivity index (χ4n) is 1.81. The summed E-state index contributed by atoms with van der Waals surface area (Å²) in [6.07, 6.45) is 0.384. The molecule has 0 aliphatic rings. The summed E-state index contributed by atoms with van der Waals surface area (Å²) >= 11 is 0. The molecular formula is C13H20NO5P. The van der Waals surface area contributed by atoms with Crippen LogP contribution in [0.3, 0.4) is 0 Å². The number of hydrogen-bond donors (Lipinski definition) is 2. The number of hydrogen-bond acceptors (Lipinski definition) is 4. The second-order valence-electron chi connectivity index (χ2n) is 4.37. The number of carbonyl (C=O) groups excluding carboxylic acids is 1. The van der Waals surface area contributed by atoms with E-state index >= 15 is 0 Å². The van der Waals surface area contributed by atoms with E-state index < -0.39 is 13.7 Å². The minimum atomic E-state index is -2.74. The van der Waals surface area contributed by atoms with Gasteiger partial charge in [0, 0.05) is 13.5 Å². The van der Waals surface area contributed by atoms with E-state index in [0.717, 1.165) is 5.56 Å². The Bertz CT molecular complexity index is 492. The zero-order chi connectivity index (χ0) is 15.1. The van der Waals surface area contributed by atoms with Crippen LogP contribution in [0.25, 0.3) is 0 Å². The molecule has 0 fully saturated rings. The Balaban J connectivity index is 2.82. The average molecular weight is 301 g/mol. The Labute approximate surface area is 119 Å². The van der Waals surface area contributed by atoms with E-state index in [4.69, 9.17) is 9.47 Å². The number of nitrogens with one attached hydrogen (secondary N) is 1. The first kappa shape index (κ1) is 16.5. The van der Waals surface area contributed by atoms with Crippen molar-refractivity contribution in [2.45, 2.75) is 19.0 Å². The number of rotatable bonds is 7. The van der Waals surface area contributed by atoms with Gasteiger partial charge in [-0.1, -0.05) is 6.07 Å². The van der Waals surface area contributed by atoms with Gasteiger partial charge >= 0.3 is 0 Å². The number of ether oxygens (including phenoxy) is 2. The zero-order valence-corrected chi connectivity index (χ0v) is 12.8. The normalized spacial score (nSPS) is 13.4. The van der Waals surface area contributed by atoms with Crippen molar-refractivity contribution in [1.29, 1.82) is 0 Å². The van der Waals surface area contributed by atoms with Gasteiger partial charge in [0.15, 0.2) is 19.5 Å². The average Bonchev–Trinajstić information content (AvgIpc) is 2.42. The van der Waals surface area contributed by atoms with Gasteiger partial charge in [0.25, 0.3) is 0 Å². The Morgan fingerprint density at radius 2 is 2.00 bits per heavy atom. The second kappa shape index (κ2) is 7.92. The Hall–Kier alpha value is -1.52. The highest BCUT2D eigenvalue weighted by Gasteiger charge is 2.17. The van der Waals surface area contributed by atoms with E-state index in [9.17, 15) is 14.3 Å². The number of benzene rings is 1. The molecule has 1 amide bonds. The molecule has 6 nitrogen and oxygen atoms in total. The van der Waals surface area contributed by atoms with E-state index in [1.807, 2.05) is 6.07 Å². The van der Waals surface area contributed by atoms with Crippen LogP contribution in [0.15, 0.2) is 18.2 Å². The van der Waals surface area contributed by atoms with Gasteiger partial charge in [-0.15, -0.1) is 0 Å². The van der Waals surface area contributed by atoms with Gasteiger partial charge in [-0.25, -0.2) is 0 Å². The minimum absolute atomic E-state index is 0.179. The van der Waals surface area contributed by atoms with Gasteiger partial charge in [-0.05, 0) is 24.1 Å². The molecule has 2 unspecified atom stereocenters. The molecule has 2 atom stereocenters. The largest absolute Gasteiger partial charge is 0.493 e. The molecule has 20 heavy (non-hydrogen) atoms. The molecule has 0 aliphatic heterocycles. The van der Waals surface area contributed by atoms with Crippen LogP contribution in [-0.2, 0) is 15.8 Å². The standard InChI is InChI=1S/C13H20NO5P/c1-9(15)14-8-11(20(16)17)6-10-4-5-12(18-2)13(7-10)19-3/h4-5,7,11,20H,6,8H2,1-3H3,(H,14,15)(H,16,17). The maximum absolute atomic E-state index is 11.4. The summed E-state index contributed by atoms with van der Waals surface area (Å²) in [7, 11) is 0.341. The van der Waals surface area contributed by atoms with Gasteiger partial charge in [0.1, 0.15) is 0 Å². The molecule has 0 saturated heterocycles. The van der Waals surface area contributed by atoms with Crippen molar-refractivity contribution < 1.29 is 23.7 Å². The molecule has 2 N–H and O–H groups in total.